The Kier molecular flexibility index (Phi) is 4.23. The molecule has 0 aromatic carbocycles. The second kappa shape index (κ2) is 6.23. The smallest absolute Gasteiger partial charge is 0.337 e. The van der Waals surface area contributed by atoms with E-state index in [9.17, 15) is 27.9 Å². The number of pyridine rings is 1. The van der Waals surface area contributed by atoms with E-state index in [1.165, 1.54) is 0 Å². The van der Waals surface area contributed by atoms with Crippen molar-refractivity contribution < 1.29 is 32.6 Å². The van der Waals surface area contributed by atoms with E-state index in [1.807, 2.05) is 0 Å². The van der Waals surface area contributed by atoms with Crippen molar-refractivity contribution in [3.05, 3.63) is 51.9 Å². The number of dihydropyridines is 1. The number of nitrogens with zero attached hydrogens (tertiary/aromatic N) is 1. The van der Waals surface area contributed by atoms with Crippen LogP contribution < -0.4 is 5.32 Å². The Morgan fingerprint density at radius 3 is 2.84 bits per heavy atom. The number of ether oxygens (including phenoxy) is 1. The van der Waals surface area contributed by atoms with Crippen LogP contribution in [0.15, 0.2) is 34.9 Å². The molecule has 0 aliphatic carbocycles. The van der Waals surface area contributed by atoms with E-state index in [-0.39, 0.29) is 29.1 Å². The maximum Gasteiger partial charge on any atom is 0.337 e. The van der Waals surface area contributed by atoms with Gasteiger partial charge >= 0.3 is 11.9 Å². The Morgan fingerprint density at radius 1 is 1.52 bits per heavy atom. The average Bonchev–Trinajstić information content (AvgIpc) is 2.93. The summed E-state index contributed by atoms with van der Waals surface area (Å²) in [6.07, 6.45) is 0.0797. The number of cyclic esters (lactones) is 1. The molecule has 3 heterocycles. The lowest BCUT2D eigenvalue weighted by Crippen LogP contribution is -2.32. The van der Waals surface area contributed by atoms with Gasteiger partial charge in [0.05, 0.1) is 34.7 Å². The minimum absolute atomic E-state index is 0.107. The molecule has 9 heteroatoms. The van der Waals surface area contributed by atoms with Gasteiger partial charge in [0.2, 0.25) is 0 Å². The van der Waals surface area contributed by atoms with E-state index in [2.05, 4.69) is 10.3 Å². The van der Waals surface area contributed by atoms with Crippen LogP contribution in [0.1, 0.15) is 30.1 Å². The summed E-state index contributed by atoms with van der Waals surface area (Å²) in [4.78, 5) is 27.4. The van der Waals surface area contributed by atoms with Crippen molar-refractivity contribution in [3.63, 3.8) is 0 Å². The van der Waals surface area contributed by atoms with Crippen molar-refractivity contribution in [2.45, 2.75) is 19.0 Å². The number of carboxylic acids is 1. The fraction of sp³-hybridized carbons (Fsp3) is 0.312. The van der Waals surface area contributed by atoms with Gasteiger partial charge in [-0.25, -0.2) is 22.8 Å². The lowest BCUT2D eigenvalue weighted by molar-refractivity contribution is -0.136. The molecule has 2 atom stereocenters. The Labute approximate surface area is 140 Å². The maximum absolute atomic E-state index is 14.1. The summed E-state index contributed by atoms with van der Waals surface area (Å²) in [6.45, 7) is -0.290. The third-order valence-electron chi connectivity index (χ3n) is 4.14. The number of nitrogens with one attached hydrogen (secondary N) is 1. The van der Waals surface area contributed by atoms with E-state index in [1.54, 1.807) is 0 Å². The monoisotopic (exact) mass is 354 g/mol. The second-order valence-electron chi connectivity index (χ2n) is 5.60. The number of rotatable bonds is 4. The number of carbonyl (C=O) groups is 2. The van der Waals surface area contributed by atoms with Crippen molar-refractivity contribution in [2.75, 3.05) is 13.3 Å². The van der Waals surface area contributed by atoms with Gasteiger partial charge in [-0.15, -0.1) is 0 Å². The number of allylic oxidation sites excluding steroid dienone is 1. The highest BCUT2D eigenvalue weighted by atomic mass is 19.1. The van der Waals surface area contributed by atoms with Gasteiger partial charge in [-0.3, -0.25) is 4.98 Å². The molecule has 2 aliphatic rings. The molecule has 1 aromatic rings. The third-order valence-corrected chi connectivity index (χ3v) is 4.14. The molecule has 132 valence electrons. The second-order valence-corrected chi connectivity index (χ2v) is 5.60. The minimum Gasteiger partial charge on any atom is -0.478 e. The van der Waals surface area contributed by atoms with Crippen molar-refractivity contribution >= 4 is 11.9 Å². The molecule has 0 unspecified atom stereocenters. The highest BCUT2D eigenvalue weighted by Crippen LogP contribution is 2.43. The number of hydrogen-bond donors (Lipinski definition) is 2. The van der Waals surface area contributed by atoms with E-state index >= 15 is 0 Å². The molecular weight excluding hydrogens is 341 g/mol. The van der Waals surface area contributed by atoms with E-state index in [0.717, 1.165) is 19.3 Å². The Hall–Kier alpha value is -2.84. The summed E-state index contributed by atoms with van der Waals surface area (Å²) < 4.78 is 46.4. The van der Waals surface area contributed by atoms with Crippen LogP contribution >= 0.6 is 0 Å². The number of esters is 1. The first-order chi connectivity index (χ1) is 11.9. The molecule has 0 saturated carbocycles. The number of aliphatic carboxylic acids is 1. The van der Waals surface area contributed by atoms with Crippen LogP contribution in [0, 0.1) is 5.82 Å². The van der Waals surface area contributed by atoms with Crippen LogP contribution in [0.4, 0.5) is 13.2 Å². The van der Waals surface area contributed by atoms with Gasteiger partial charge in [-0.05, 0) is 12.5 Å². The predicted molar refractivity (Wildman–Crippen MR) is 78.2 cm³/mol. The fourth-order valence-corrected chi connectivity index (χ4v) is 3.16. The first kappa shape index (κ1) is 17.0. The highest BCUT2D eigenvalue weighted by Gasteiger charge is 2.43. The molecule has 0 amide bonds. The van der Waals surface area contributed by atoms with Gasteiger partial charge in [-0.1, -0.05) is 0 Å². The normalized spacial score (nSPS) is 21.0. The van der Waals surface area contributed by atoms with Crippen LogP contribution in [0.2, 0.25) is 0 Å². The van der Waals surface area contributed by atoms with Gasteiger partial charge in [0.25, 0.3) is 0 Å². The summed E-state index contributed by atoms with van der Waals surface area (Å²) in [6, 6.07) is 0. The van der Waals surface area contributed by atoms with Crippen LogP contribution in [0.25, 0.3) is 0 Å². The number of hydrogen-bond acceptors (Lipinski definition) is 5. The molecule has 0 radical (unpaired) electrons. The lowest BCUT2D eigenvalue weighted by atomic mass is 9.79. The number of alkyl halides is 2. The summed E-state index contributed by atoms with van der Waals surface area (Å²) in [7, 11) is 0. The zero-order chi connectivity index (χ0) is 18.3. The summed E-state index contributed by atoms with van der Waals surface area (Å²) >= 11 is 0. The van der Waals surface area contributed by atoms with Crippen molar-refractivity contribution in [2.24, 2.45) is 0 Å². The van der Waals surface area contributed by atoms with Crippen LogP contribution in [-0.2, 0) is 14.3 Å². The standard InChI is InChI=1S/C16H13F3N2O4/c1-6(18)11-7(3-20-4-8(11)19)12-13(15(22)23)9(2-17)21-10-5-25-16(24)14(10)12/h3-4,6,12,21H,2,5H2,1H3,(H,22,23)/t6-,12-/m1/s1. The molecule has 0 saturated heterocycles. The van der Waals surface area contributed by atoms with Crippen molar-refractivity contribution in [3.8, 4) is 0 Å². The average molecular weight is 354 g/mol. The molecule has 2 aliphatic heterocycles. The highest BCUT2D eigenvalue weighted by molar-refractivity contribution is 6.00. The minimum atomic E-state index is -1.79. The van der Waals surface area contributed by atoms with Gasteiger partial charge in [0, 0.05) is 11.8 Å². The number of carboxylic acid groups (broad SMARTS) is 1. The first-order valence-corrected chi connectivity index (χ1v) is 7.33. The largest absolute Gasteiger partial charge is 0.478 e. The predicted octanol–water partition coefficient (Wildman–Crippen LogP) is 2.06. The SMILES string of the molecule is C[C@@H](F)c1c(F)cncc1[C@@H]1C(C(=O)O)=C(CF)NC2=C1C(=O)OC2. The Balaban J connectivity index is 2.31. The first-order valence-electron chi connectivity index (χ1n) is 7.33. The number of aromatic nitrogens is 1. The quantitative estimate of drug-likeness (QED) is 0.805. The zero-order valence-electron chi connectivity index (χ0n) is 13.0. The van der Waals surface area contributed by atoms with Gasteiger partial charge in [0.1, 0.15) is 25.3 Å². The Morgan fingerprint density at radius 2 is 2.24 bits per heavy atom. The molecular formula is C16H13F3N2O4. The molecule has 0 spiro atoms. The van der Waals surface area contributed by atoms with Crippen molar-refractivity contribution in [1.82, 2.24) is 10.3 Å². The van der Waals surface area contributed by atoms with Gasteiger partial charge in [-0.2, -0.15) is 0 Å². The maximum atomic E-state index is 14.1. The molecule has 1 aromatic heterocycles. The molecule has 0 fully saturated rings. The topological polar surface area (TPSA) is 88.5 Å². The molecule has 3 rings (SSSR count). The van der Waals surface area contributed by atoms with E-state index in [0.29, 0.717) is 0 Å². The van der Waals surface area contributed by atoms with Crippen LogP contribution in [0.3, 0.4) is 0 Å². The zero-order valence-corrected chi connectivity index (χ0v) is 13.0. The molecule has 25 heavy (non-hydrogen) atoms. The van der Waals surface area contributed by atoms with E-state index < -0.39 is 47.7 Å². The lowest BCUT2D eigenvalue weighted by Gasteiger charge is -2.28. The summed E-state index contributed by atoms with van der Waals surface area (Å²) in [5.41, 5.74) is -1.31. The summed E-state index contributed by atoms with van der Waals surface area (Å²) in [5.74, 6) is -4.71. The van der Waals surface area contributed by atoms with Crippen LogP contribution in [-0.4, -0.2) is 35.3 Å². The van der Waals surface area contributed by atoms with E-state index in [4.69, 9.17) is 4.74 Å². The van der Waals surface area contributed by atoms with Gasteiger partial charge in [0.15, 0.2) is 0 Å². The van der Waals surface area contributed by atoms with Crippen LogP contribution in [0.5, 0.6) is 0 Å². The molecule has 0 bridgehead atoms. The molecule has 2 N–H and O–H groups in total. The number of carbonyl (C=O) groups excluding carboxylic acids is 1. The number of halogens is 3. The third kappa shape index (κ3) is 2.65. The van der Waals surface area contributed by atoms with Gasteiger partial charge < -0.3 is 15.2 Å². The Bertz CT molecular complexity index is 833. The summed E-state index contributed by atoms with van der Waals surface area (Å²) in [5, 5.41) is 12.1. The fourth-order valence-electron chi connectivity index (χ4n) is 3.16. The molecule has 6 nitrogen and oxygen atoms in total. The van der Waals surface area contributed by atoms with Crippen molar-refractivity contribution in [1.29, 1.82) is 0 Å².